The average molecular weight is 162 g/mol. The maximum absolute atomic E-state index is 10.2. The number of aliphatic hydroxyl groups excluding tert-OH is 1. The highest BCUT2D eigenvalue weighted by atomic mass is 16.5. The monoisotopic (exact) mass is 162 g/mol. The molecule has 0 aromatic heterocycles. The Labute approximate surface area is 65.5 Å². The van der Waals surface area contributed by atoms with Crippen LogP contribution < -0.4 is 0 Å². The highest BCUT2D eigenvalue weighted by Gasteiger charge is 2.10. The van der Waals surface area contributed by atoms with E-state index in [1.54, 1.807) is 6.92 Å². The summed E-state index contributed by atoms with van der Waals surface area (Å²) in [7, 11) is 0. The van der Waals surface area contributed by atoms with E-state index in [4.69, 9.17) is 15.3 Å². The second-order valence-electron chi connectivity index (χ2n) is 2.65. The second-order valence-corrected chi connectivity index (χ2v) is 2.65. The Kier molecular flexibility index (Phi) is 4.81. The maximum Gasteiger partial charge on any atom is 0.306 e. The van der Waals surface area contributed by atoms with Gasteiger partial charge < -0.3 is 15.3 Å². The lowest BCUT2D eigenvalue weighted by Crippen LogP contribution is -2.11. The summed E-state index contributed by atoms with van der Waals surface area (Å²) in [5.41, 5.74) is 0. The topological polar surface area (TPSA) is 77.8 Å². The third kappa shape index (κ3) is 5.82. The van der Waals surface area contributed by atoms with E-state index in [9.17, 15) is 4.79 Å². The molecule has 1 unspecified atom stereocenters. The highest BCUT2D eigenvalue weighted by molar-refractivity contribution is 5.69. The predicted molar refractivity (Wildman–Crippen MR) is 38.9 cm³/mol. The van der Waals surface area contributed by atoms with Crippen molar-refractivity contribution in [3.8, 4) is 0 Å². The Morgan fingerprint density at radius 2 is 1.91 bits per heavy atom. The Morgan fingerprint density at radius 1 is 1.36 bits per heavy atom. The van der Waals surface area contributed by atoms with Crippen LogP contribution >= 0.6 is 0 Å². The van der Waals surface area contributed by atoms with Crippen LogP contribution in [0.3, 0.4) is 0 Å². The summed E-state index contributed by atoms with van der Waals surface area (Å²) in [4.78, 5) is 10.2. The van der Waals surface area contributed by atoms with Crippen LogP contribution in [0, 0.1) is 5.92 Å². The van der Waals surface area contributed by atoms with Gasteiger partial charge in [0.1, 0.15) is 0 Å². The lowest BCUT2D eigenvalue weighted by atomic mass is 10.0. The summed E-state index contributed by atoms with van der Waals surface area (Å²) in [5, 5.41) is 25.2. The number of hydrogen-bond acceptors (Lipinski definition) is 3. The first-order valence-corrected chi connectivity index (χ1v) is 3.63. The van der Waals surface area contributed by atoms with Crippen LogP contribution in [-0.2, 0) is 4.79 Å². The minimum Gasteiger partial charge on any atom is -0.481 e. The molecule has 0 fully saturated rings. The molecule has 0 spiro atoms. The molecule has 4 nitrogen and oxygen atoms in total. The quantitative estimate of drug-likeness (QED) is 0.504. The average Bonchev–Trinajstić information content (AvgIpc) is 1.86. The number of aliphatic hydroxyl groups is 2. The lowest BCUT2D eigenvalue weighted by Gasteiger charge is -2.05. The molecule has 0 aromatic rings. The molecule has 0 aromatic carbocycles. The molecule has 3 N–H and O–H groups in total. The summed E-state index contributed by atoms with van der Waals surface area (Å²) in [6.07, 6.45) is -0.0357. The van der Waals surface area contributed by atoms with E-state index in [1.165, 1.54) is 0 Å². The zero-order valence-electron chi connectivity index (χ0n) is 6.53. The SMILES string of the molecule is CC(CCCC(O)O)C(=O)O. The number of aliphatic carboxylic acids is 1. The molecule has 0 amide bonds. The van der Waals surface area contributed by atoms with E-state index in [-0.39, 0.29) is 6.42 Å². The van der Waals surface area contributed by atoms with Crippen LogP contribution in [-0.4, -0.2) is 27.6 Å². The van der Waals surface area contributed by atoms with Gasteiger partial charge in [-0.05, 0) is 19.3 Å². The molecule has 1 atom stereocenters. The number of carboxylic acid groups (broad SMARTS) is 1. The Hall–Kier alpha value is -0.610. The fourth-order valence-corrected chi connectivity index (χ4v) is 0.730. The van der Waals surface area contributed by atoms with Crippen molar-refractivity contribution in [2.24, 2.45) is 5.92 Å². The molecule has 0 rings (SSSR count). The minimum atomic E-state index is -1.31. The molecule has 4 heteroatoms. The van der Waals surface area contributed by atoms with Gasteiger partial charge in [0, 0.05) is 0 Å². The van der Waals surface area contributed by atoms with Crippen molar-refractivity contribution < 1.29 is 20.1 Å². The van der Waals surface area contributed by atoms with Crippen LogP contribution in [0.5, 0.6) is 0 Å². The van der Waals surface area contributed by atoms with Crippen molar-refractivity contribution in [1.29, 1.82) is 0 Å². The molecule has 0 saturated heterocycles. The van der Waals surface area contributed by atoms with Gasteiger partial charge in [0.05, 0.1) is 5.92 Å². The number of carboxylic acids is 1. The van der Waals surface area contributed by atoms with Gasteiger partial charge in [-0.15, -0.1) is 0 Å². The number of carbonyl (C=O) groups is 1. The van der Waals surface area contributed by atoms with Gasteiger partial charge in [-0.1, -0.05) is 6.92 Å². The first-order valence-electron chi connectivity index (χ1n) is 3.63. The third-order valence-corrected chi connectivity index (χ3v) is 1.52. The first kappa shape index (κ1) is 10.4. The van der Waals surface area contributed by atoms with Crippen molar-refractivity contribution >= 4 is 5.97 Å². The predicted octanol–water partition coefficient (Wildman–Crippen LogP) is 0.188. The maximum atomic E-state index is 10.2. The van der Waals surface area contributed by atoms with Crippen molar-refractivity contribution in [1.82, 2.24) is 0 Å². The van der Waals surface area contributed by atoms with Gasteiger partial charge >= 0.3 is 5.97 Å². The fraction of sp³-hybridized carbons (Fsp3) is 0.857. The van der Waals surface area contributed by atoms with Crippen molar-refractivity contribution in [2.45, 2.75) is 32.5 Å². The Morgan fingerprint density at radius 3 is 2.27 bits per heavy atom. The van der Waals surface area contributed by atoms with Crippen LogP contribution in [0.4, 0.5) is 0 Å². The van der Waals surface area contributed by atoms with Crippen LogP contribution in [0.1, 0.15) is 26.2 Å². The summed E-state index contributed by atoms with van der Waals surface area (Å²) in [5.74, 6) is -1.23. The summed E-state index contributed by atoms with van der Waals surface area (Å²) < 4.78 is 0. The summed E-state index contributed by atoms with van der Waals surface area (Å²) in [6.45, 7) is 1.60. The lowest BCUT2D eigenvalue weighted by molar-refractivity contribution is -0.141. The first-order chi connectivity index (χ1) is 5.04. The molecular formula is C7H14O4. The van der Waals surface area contributed by atoms with Gasteiger partial charge in [-0.25, -0.2) is 0 Å². The standard InChI is InChI=1S/C7H14O4/c1-5(7(10)11)3-2-4-6(8)9/h5-6,8-9H,2-4H2,1H3,(H,10,11). The van der Waals surface area contributed by atoms with E-state index in [0.29, 0.717) is 12.8 Å². The highest BCUT2D eigenvalue weighted by Crippen LogP contribution is 2.08. The zero-order valence-corrected chi connectivity index (χ0v) is 6.53. The molecule has 0 saturated carbocycles. The smallest absolute Gasteiger partial charge is 0.306 e. The summed E-state index contributed by atoms with van der Waals surface area (Å²) >= 11 is 0. The van der Waals surface area contributed by atoms with Gasteiger partial charge in [0.25, 0.3) is 0 Å². The zero-order chi connectivity index (χ0) is 8.85. The van der Waals surface area contributed by atoms with Gasteiger partial charge in [-0.2, -0.15) is 0 Å². The van der Waals surface area contributed by atoms with E-state index in [2.05, 4.69) is 0 Å². The number of rotatable bonds is 5. The molecule has 11 heavy (non-hydrogen) atoms. The molecule has 0 aliphatic carbocycles. The van der Waals surface area contributed by atoms with Crippen LogP contribution in [0.25, 0.3) is 0 Å². The van der Waals surface area contributed by atoms with Crippen LogP contribution in [0.15, 0.2) is 0 Å². The van der Waals surface area contributed by atoms with E-state index < -0.39 is 18.2 Å². The molecule has 66 valence electrons. The van der Waals surface area contributed by atoms with Gasteiger partial charge in [0.15, 0.2) is 6.29 Å². The Bertz CT molecular complexity index is 122. The molecule has 0 heterocycles. The number of hydrogen-bond donors (Lipinski definition) is 3. The molecule has 0 aliphatic rings. The fourth-order valence-electron chi connectivity index (χ4n) is 0.730. The molecule has 0 aliphatic heterocycles. The van der Waals surface area contributed by atoms with Gasteiger partial charge in [0.2, 0.25) is 0 Å². The normalized spacial score (nSPS) is 13.5. The second kappa shape index (κ2) is 5.09. The van der Waals surface area contributed by atoms with Crippen molar-refractivity contribution in [3.05, 3.63) is 0 Å². The van der Waals surface area contributed by atoms with Crippen molar-refractivity contribution in [2.75, 3.05) is 0 Å². The largest absolute Gasteiger partial charge is 0.481 e. The van der Waals surface area contributed by atoms with E-state index in [1.807, 2.05) is 0 Å². The van der Waals surface area contributed by atoms with Gasteiger partial charge in [-0.3, -0.25) is 4.79 Å². The third-order valence-electron chi connectivity index (χ3n) is 1.52. The minimum absolute atomic E-state index is 0.248. The van der Waals surface area contributed by atoms with Crippen molar-refractivity contribution in [3.63, 3.8) is 0 Å². The summed E-state index contributed by atoms with van der Waals surface area (Å²) in [6, 6.07) is 0. The van der Waals surface area contributed by atoms with E-state index >= 15 is 0 Å². The molecule has 0 bridgehead atoms. The molecule has 0 radical (unpaired) electrons. The van der Waals surface area contributed by atoms with E-state index in [0.717, 1.165) is 0 Å². The molecular weight excluding hydrogens is 148 g/mol. The Balaban J connectivity index is 3.31. The van der Waals surface area contributed by atoms with Crippen LogP contribution in [0.2, 0.25) is 0 Å².